The van der Waals surface area contributed by atoms with Crippen LogP contribution in [0.4, 0.5) is 0 Å². The maximum absolute atomic E-state index is 5.93. The Morgan fingerprint density at radius 2 is 2.00 bits per heavy atom. The van der Waals surface area contributed by atoms with Crippen LogP contribution in [-0.2, 0) is 19.3 Å². The highest BCUT2D eigenvalue weighted by Gasteiger charge is 2.26. The molecule has 0 amide bonds. The molecule has 2 nitrogen and oxygen atoms in total. The minimum Gasteiger partial charge on any atom is -0.488 e. The highest BCUT2D eigenvalue weighted by atomic mass is 16.5. The number of benzene rings is 1. The van der Waals surface area contributed by atoms with E-state index in [1.54, 1.807) is 0 Å². The van der Waals surface area contributed by atoms with E-state index in [-0.39, 0.29) is 6.10 Å². The fraction of sp³-hybridized carbons (Fsp3) is 0.538. The quantitative estimate of drug-likeness (QED) is 0.755. The molecule has 1 aromatic carbocycles. The topological polar surface area (TPSA) is 35.2 Å². The molecular formula is C13H17NO. The first-order chi connectivity index (χ1) is 7.38. The molecule has 0 saturated carbocycles. The van der Waals surface area contributed by atoms with Gasteiger partial charge < -0.3 is 10.5 Å². The summed E-state index contributed by atoms with van der Waals surface area (Å²) in [5, 5.41) is 0. The largest absolute Gasteiger partial charge is 0.488 e. The normalized spacial score (nSPS) is 23.1. The standard InChI is InChI=1S/C13H17NO/c14-8-11-7-10-6-5-9-3-1-2-4-12(9)13(10)15-11/h5-6,11H,1-4,7-8,14H2/t11-/m0/s1. The molecule has 0 saturated heterocycles. The molecule has 3 rings (SSSR count). The summed E-state index contributed by atoms with van der Waals surface area (Å²) in [6, 6.07) is 4.52. The fourth-order valence-corrected chi connectivity index (χ4v) is 2.74. The number of rotatable bonds is 1. The van der Waals surface area contributed by atoms with Crippen LogP contribution in [0.15, 0.2) is 12.1 Å². The third kappa shape index (κ3) is 1.44. The van der Waals surface area contributed by atoms with Crippen molar-refractivity contribution in [3.63, 3.8) is 0 Å². The van der Waals surface area contributed by atoms with Crippen LogP contribution in [0.2, 0.25) is 0 Å². The molecule has 2 heteroatoms. The second-order valence-corrected chi connectivity index (χ2v) is 4.58. The van der Waals surface area contributed by atoms with Gasteiger partial charge in [0, 0.05) is 13.0 Å². The molecule has 1 atom stereocenters. The van der Waals surface area contributed by atoms with E-state index in [0.29, 0.717) is 6.54 Å². The van der Waals surface area contributed by atoms with Gasteiger partial charge in [-0.1, -0.05) is 12.1 Å². The van der Waals surface area contributed by atoms with Gasteiger partial charge in [0.2, 0.25) is 0 Å². The lowest BCUT2D eigenvalue weighted by atomic mass is 9.89. The Hall–Kier alpha value is -1.02. The zero-order chi connectivity index (χ0) is 10.3. The van der Waals surface area contributed by atoms with E-state index in [9.17, 15) is 0 Å². The highest BCUT2D eigenvalue weighted by Crippen LogP contribution is 2.37. The van der Waals surface area contributed by atoms with Gasteiger partial charge in [0.1, 0.15) is 11.9 Å². The van der Waals surface area contributed by atoms with Gasteiger partial charge in [-0.3, -0.25) is 0 Å². The van der Waals surface area contributed by atoms with Gasteiger partial charge in [-0.2, -0.15) is 0 Å². The molecule has 0 spiro atoms. The molecule has 0 unspecified atom stereocenters. The Labute approximate surface area is 90.4 Å². The van der Waals surface area contributed by atoms with Gasteiger partial charge in [-0.25, -0.2) is 0 Å². The third-order valence-corrected chi connectivity index (χ3v) is 3.56. The van der Waals surface area contributed by atoms with Crippen LogP contribution in [0, 0.1) is 0 Å². The van der Waals surface area contributed by atoms with Crippen molar-refractivity contribution in [3.8, 4) is 5.75 Å². The number of hydrogen-bond donors (Lipinski definition) is 1. The molecule has 1 aliphatic carbocycles. The molecule has 80 valence electrons. The second kappa shape index (κ2) is 3.53. The van der Waals surface area contributed by atoms with Crippen LogP contribution in [-0.4, -0.2) is 12.6 Å². The molecule has 0 aromatic heterocycles. The first-order valence-corrected chi connectivity index (χ1v) is 5.89. The third-order valence-electron chi connectivity index (χ3n) is 3.56. The number of ether oxygens (including phenoxy) is 1. The van der Waals surface area contributed by atoms with Gasteiger partial charge in [0.15, 0.2) is 0 Å². The Balaban J connectivity index is 2.02. The molecule has 2 N–H and O–H groups in total. The second-order valence-electron chi connectivity index (χ2n) is 4.58. The zero-order valence-electron chi connectivity index (χ0n) is 8.96. The lowest BCUT2D eigenvalue weighted by molar-refractivity contribution is 0.238. The van der Waals surface area contributed by atoms with E-state index in [1.165, 1.54) is 48.1 Å². The molecule has 1 aliphatic heterocycles. The number of nitrogens with two attached hydrogens (primary N) is 1. The predicted molar refractivity (Wildman–Crippen MR) is 60.3 cm³/mol. The molecule has 0 radical (unpaired) electrons. The summed E-state index contributed by atoms with van der Waals surface area (Å²) in [7, 11) is 0. The average molecular weight is 203 g/mol. The lowest BCUT2D eigenvalue weighted by Crippen LogP contribution is -2.24. The van der Waals surface area contributed by atoms with Crippen LogP contribution in [0.25, 0.3) is 0 Å². The Morgan fingerprint density at radius 1 is 1.20 bits per heavy atom. The maximum atomic E-state index is 5.93. The molecule has 15 heavy (non-hydrogen) atoms. The van der Waals surface area contributed by atoms with Crippen LogP contribution >= 0.6 is 0 Å². The van der Waals surface area contributed by atoms with Crippen molar-refractivity contribution >= 4 is 0 Å². The van der Waals surface area contributed by atoms with E-state index < -0.39 is 0 Å². The first kappa shape index (κ1) is 9.22. The summed E-state index contributed by atoms with van der Waals surface area (Å²) >= 11 is 0. The van der Waals surface area contributed by atoms with E-state index >= 15 is 0 Å². The summed E-state index contributed by atoms with van der Waals surface area (Å²) in [5.41, 5.74) is 10.00. The first-order valence-electron chi connectivity index (χ1n) is 5.89. The van der Waals surface area contributed by atoms with Crippen molar-refractivity contribution in [1.82, 2.24) is 0 Å². The average Bonchev–Trinajstić information content (AvgIpc) is 2.72. The maximum Gasteiger partial charge on any atom is 0.126 e. The summed E-state index contributed by atoms with van der Waals surface area (Å²) in [6.07, 6.45) is 6.26. The zero-order valence-corrected chi connectivity index (χ0v) is 8.96. The summed E-state index contributed by atoms with van der Waals surface area (Å²) < 4.78 is 5.93. The van der Waals surface area contributed by atoms with Crippen molar-refractivity contribution in [2.24, 2.45) is 5.73 Å². The minimum absolute atomic E-state index is 0.216. The van der Waals surface area contributed by atoms with Gasteiger partial charge in [0.05, 0.1) is 0 Å². The Bertz CT molecular complexity index is 386. The van der Waals surface area contributed by atoms with Crippen LogP contribution in [0.3, 0.4) is 0 Å². The van der Waals surface area contributed by atoms with Crippen molar-refractivity contribution in [2.75, 3.05) is 6.54 Å². The van der Waals surface area contributed by atoms with Crippen LogP contribution in [0.5, 0.6) is 5.75 Å². The van der Waals surface area contributed by atoms with E-state index in [4.69, 9.17) is 10.5 Å². The molecular weight excluding hydrogens is 186 g/mol. The number of fused-ring (bicyclic) bond motifs is 3. The SMILES string of the molecule is NC[C@@H]1Cc2ccc3c(c2O1)CCCC3. The molecule has 1 aromatic rings. The predicted octanol–water partition coefficient (Wildman–Crippen LogP) is 1.83. The lowest BCUT2D eigenvalue weighted by Gasteiger charge is -2.18. The van der Waals surface area contributed by atoms with Gasteiger partial charge >= 0.3 is 0 Å². The molecule has 0 fully saturated rings. The van der Waals surface area contributed by atoms with E-state index in [1.807, 2.05) is 0 Å². The van der Waals surface area contributed by atoms with Crippen molar-refractivity contribution in [3.05, 3.63) is 28.8 Å². The summed E-state index contributed by atoms with van der Waals surface area (Å²) in [5.74, 6) is 1.17. The number of aryl methyl sites for hydroxylation is 1. The fourth-order valence-electron chi connectivity index (χ4n) is 2.74. The van der Waals surface area contributed by atoms with Crippen molar-refractivity contribution < 1.29 is 4.74 Å². The minimum atomic E-state index is 0.216. The van der Waals surface area contributed by atoms with Crippen molar-refractivity contribution in [2.45, 2.75) is 38.2 Å². The number of hydrogen-bond acceptors (Lipinski definition) is 2. The Morgan fingerprint density at radius 3 is 2.87 bits per heavy atom. The monoisotopic (exact) mass is 203 g/mol. The van der Waals surface area contributed by atoms with Crippen LogP contribution in [0.1, 0.15) is 29.5 Å². The van der Waals surface area contributed by atoms with E-state index in [2.05, 4.69) is 12.1 Å². The summed E-state index contributed by atoms with van der Waals surface area (Å²) in [4.78, 5) is 0. The summed E-state index contributed by atoms with van der Waals surface area (Å²) in [6.45, 7) is 0.628. The Kier molecular flexibility index (Phi) is 2.17. The highest BCUT2D eigenvalue weighted by molar-refractivity contribution is 5.50. The van der Waals surface area contributed by atoms with Gasteiger partial charge in [0.25, 0.3) is 0 Å². The van der Waals surface area contributed by atoms with Crippen molar-refractivity contribution in [1.29, 1.82) is 0 Å². The van der Waals surface area contributed by atoms with Gasteiger partial charge in [-0.15, -0.1) is 0 Å². The van der Waals surface area contributed by atoms with Crippen LogP contribution < -0.4 is 10.5 Å². The smallest absolute Gasteiger partial charge is 0.126 e. The molecule has 2 aliphatic rings. The van der Waals surface area contributed by atoms with E-state index in [0.717, 1.165) is 6.42 Å². The van der Waals surface area contributed by atoms with Gasteiger partial charge in [-0.05, 0) is 42.4 Å². The molecule has 1 heterocycles. The molecule has 0 bridgehead atoms.